The molecule has 0 aliphatic rings. The van der Waals surface area contributed by atoms with Gasteiger partial charge in [-0.05, 0) is 18.1 Å². The van der Waals surface area contributed by atoms with E-state index < -0.39 is 0 Å². The van der Waals surface area contributed by atoms with Crippen LogP contribution in [0.5, 0.6) is 5.75 Å². The van der Waals surface area contributed by atoms with E-state index in [1.807, 2.05) is 29.0 Å². The van der Waals surface area contributed by atoms with E-state index in [1.54, 1.807) is 7.11 Å². The summed E-state index contributed by atoms with van der Waals surface area (Å²) in [5.74, 6) is 1.30. The predicted molar refractivity (Wildman–Crippen MR) is 66.7 cm³/mol. The van der Waals surface area contributed by atoms with Gasteiger partial charge in [-0.15, -0.1) is 0 Å². The largest absolute Gasteiger partial charge is 0.489 e. The van der Waals surface area contributed by atoms with Gasteiger partial charge in [0.1, 0.15) is 17.9 Å². The number of ether oxygens (including phenoxy) is 2. The maximum Gasteiger partial charge on any atom is 0.145 e. The molecule has 4 nitrogen and oxygen atoms in total. The van der Waals surface area contributed by atoms with Crippen LogP contribution < -0.4 is 4.74 Å². The second-order valence-electron chi connectivity index (χ2n) is 4.26. The molecular formula is C13H18N2O2. The molecule has 92 valence electrons. The van der Waals surface area contributed by atoms with Crippen molar-refractivity contribution in [1.82, 2.24) is 9.61 Å². The minimum Gasteiger partial charge on any atom is -0.489 e. The lowest BCUT2D eigenvalue weighted by molar-refractivity contribution is 0.147. The monoisotopic (exact) mass is 234 g/mol. The molecule has 0 unspecified atom stereocenters. The highest BCUT2D eigenvalue weighted by Crippen LogP contribution is 2.28. The smallest absolute Gasteiger partial charge is 0.145 e. The van der Waals surface area contributed by atoms with Crippen LogP contribution in [0.1, 0.15) is 25.3 Å². The number of hydrogen-bond acceptors (Lipinski definition) is 3. The van der Waals surface area contributed by atoms with E-state index in [9.17, 15) is 0 Å². The molecule has 0 saturated heterocycles. The van der Waals surface area contributed by atoms with Gasteiger partial charge in [-0.3, -0.25) is 0 Å². The van der Waals surface area contributed by atoms with Crippen LogP contribution in [0.15, 0.2) is 24.5 Å². The lowest BCUT2D eigenvalue weighted by Crippen LogP contribution is -2.05. The van der Waals surface area contributed by atoms with Crippen LogP contribution in [0.25, 0.3) is 5.52 Å². The Labute approximate surface area is 101 Å². The molecule has 0 aromatic carbocycles. The third kappa shape index (κ3) is 2.42. The molecule has 0 saturated carbocycles. The Morgan fingerprint density at radius 2 is 2.18 bits per heavy atom. The fraction of sp³-hybridized carbons (Fsp3) is 0.462. The molecule has 2 aromatic heterocycles. The van der Waals surface area contributed by atoms with E-state index in [2.05, 4.69) is 18.9 Å². The molecule has 0 aliphatic heterocycles. The number of fused-ring (bicyclic) bond motifs is 1. The highest BCUT2D eigenvalue weighted by molar-refractivity contribution is 5.65. The van der Waals surface area contributed by atoms with Crippen LogP contribution in [0.3, 0.4) is 0 Å². The Morgan fingerprint density at radius 3 is 2.88 bits per heavy atom. The van der Waals surface area contributed by atoms with Gasteiger partial charge < -0.3 is 9.47 Å². The molecule has 0 aliphatic carbocycles. The van der Waals surface area contributed by atoms with Crippen LogP contribution in [-0.4, -0.2) is 29.9 Å². The molecule has 0 amide bonds. The van der Waals surface area contributed by atoms with Gasteiger partial charge in [-0.25, -0.2) is 4.52 Å². The minimum atomic E-state index is 0.430. The van der Waals surface area contributed by atoms with Crippen molar-refractivity contribution in [1.29, 1.82) is 0 Å². The van der Waals surface area contributed by atoms with E-state index in [1.165, 1.54) is 5.56 Å². The highest BCUT2D eigenvalue weighted by atomic mass is 16.5. The molecule has 2 aromatic rings. The second kappa shape index (κ2) is 5.19. The Balaban J connectivity index is 2.36. The normalized spacial score (nSPS) is 11.3. The minimum absolute atomic E-state index is 0.430. The van der Waals surface area contributed by atoms with Crippen molar-refractivity contribution < 1.29 is 9.47 Å². The van der Waals surface area contributed by atoms with Crippen molar-refractivity contribution in [3.8, 4) is 5.75 Å². The SMILES string of the molecule is COCCOc1cccn2ncc(C(C)C)c12. The van der Waals surface area contributed by atoms with Crippen molar-refractivity contribution in [2.24, 2.45) is 0 Å². The highest BCUT2D eigenvalue weighted by Gasteiger charge is 2.12. The van der Waals surface area contributed by atoms with E-state index in [4.69, 9.17) is 9.47 Å². The summed E-state index contributed by atoms with van der Waals surface area (Å²) in [7, 11) is 1.67. The lowest BCUT2D eigenvalue weighted by atomic mass is 10.1. The van der Waals surface area contributed by atoms with Gasteiger partial charge in [0.05, 0.1) is 12.8 Å². The molecule has 0 atom stereocenters. The van der Waals surface area contributed by atoms with Gasteiger partial charge in [-0.1, -0.05) is 13.8 Å². The number of hydrogen-bond donors (Lipinski definition) is 0. The third-order valence-corrected chi connectivity index (χ3v) is 2.70. The van der Waals surface area contributed by atoms with Crippen molar-refractivity contribution >= 4 is 5.52 Å². The second-order valence-corrected chi connectivity index (χ2v) is 4.26. The average Bonchev–Trinajstić information content (AvgIpc) is 2.74. The Bertz CT molecular complexity index is 491. The quantitative estimate of drug-likeness (QED) is 0.746. The maximum atomic E-state index is 5.72. The molecule has 0 bridgehead atoms. The Morgan fingerprint density at radius 1 is 1.35 bits per heavy atom. The van der Waals surface area contributed by atoms with Crippen molar-refractivity contribution in [3.63, 3.8) is 0 Å². The van der Waals surface area contributed by atoms with Crippen LogP contribution in [0.4, 0.5) is 0 Å². The van der Waals surface area contributed by atoms with Gasteiger partial charge >= 0.3 is 0 Å². The Hall–Kier alpha value is -1.55. The maximum absolute atomic E-state index is 5.72. The molecule has 0 N–H and O–H groups in total. The molecule has 0 radical (unpaired) electrons. The van der Waals surface area contributed by atoms with Crippen molar-refractivity contribution in [3.05, 3.63) is 30.1 Å². The van der Waals surface area contributed by atoms with E-state index in [-0.39, 0.29) is 0 Å². The van der Waals surface area contributed by atoms with Gasteiger partial charge in [0, 0.05) is 18.9 Å². The lowest BCUT2D eigenvalue weighted by Gasteiger charge is -2.09. The van der Waals surface area contributed by atoms with Crippen LogP contribution >= 0.6 is 0 Å². The van der Waals surface area contributed by atoms with E-state index in [0.717, 1.165) is 11.3 Å². The zero-order valence-electron chi connectivity index (χ0n) is 10.5. The van der Waals surface area contributed by atoms with Gasteiger partial charge in [0.15, 0.2) is 0 Å². The van der Waals surface area contributed by atoms with E-state index in [0.29, 0.717) is 19.1 Å². The molecule has 2 rings (SSSR count). The van der Waals surface area contributed by atoms with Crippen LogP contribution in [0.2, 0.25) is 0 Å². The third-order valence-electron chi connectivity index (χ3n) is 2.70. The molecule has 0 spiro atoms. The fourth-order valence-electron chi connectivity index (χ4n) is 1.81. The summed E-state index contributed by atoms with van der Waals surface area (Å²) in [5, 5.41) is 4.33. The first-order chi connectivity index (χ1) is 8.24. The number of rotatable bonds is 5. The first-order valence-electron chi connectivity index (χ1n) is 5.82. The van der Waals surface area contributed by atoms with Crippen molar-refractivity contribution in [2.75, 3.05) is 20.3 Å². The summed E-state index contributed by atoms with van der Waals surface area (Å²) in [6.45, 7) is 5.46. The molecule has 4 heteroatoms. The van der Waals surface area contributed by atoms with Crippen LogP contribution in [-0.2, 0) is 4.74 Å². The van der Waals surface area contributed by atoms with Crippen molar-refractivity contribution in [2.45, 2.75) is 19.8 Å². The number of nitrogens with zero attached hydrogens (tertiary/aromatic N) is 2. The summed E-state index contributed by atoms with van der Waals surface area (Å²) >= 11 is 0. The van der Waals surface area contributed by atoms with Gasteiger partial charge in [-0.2, -0.15) is 5.10 Å². The summed E-state index contributed by atoms with van der Waals surface area (Å²) in [6.07, 6.45) is 3.84. The average molecular weight is 234 g/mol. The molecule has 0 fully saturated rings. The zero-order chi connectivity index (χ0) is 12.3. The molecule has 17 heavy (non-hydrogen) atoms. The first kappa shape index (κ1) is 11.9. The van der Waals surface area contributed by atoms with Gasteiger partial charge in [0.25, 0.3) is 0 Å². The standard InChI is InChI=1S/C13H18N2O2/c1-10(2)11-9-14-15-6-4-5-12(13(11)15)17-8-7-16-3/h4-6,9-10H,7-8H2,1-3H3. The number of pyridine rings is 1. The zero-order valence-corrected chi connectivity index (χ0v) is 10.5. The number of aromatic nitrogens is 2. The summed E-state index contributed by atoms with van der Waals surface area (Å²) < 4.78 is 12.6. The van der Waals surface area contributed by atoms with Crippen LogP contribution in [0, 0.1) is 0 Å². The predicted octanol–water partition coefficient (Wildman–Crippen LogP) is 2.48. The number of methoxy groups -OCH3 is 1. The van der Waals surface area contributed by atoms with E-state index >= 15 is 0 Å². The fourth-order valence-corrected chi connectivity index (χ4v) is 1.81. The molecular weight excluding hydrogens is 216 g/mol. The molecule has 2 heterocycles. The topological polar surface area (TPSA) is 35.8 Å². The summed E-state index contributed by atoms with van der Waals surface area (Å²) in [5.41, 5.74) is 2.26. The summed E-state index contributed by atoms with van der Waals surface area (Å²) in [6, 6.07) is 3.91. The Kier molecular flexibility index (Phi) is 3.64. The van der Waals surface area contributed by atoms with Gasteiger partial charge in [0.2, 0.25) is 0 Å². The summed E-state index contributed by atoms with van der Waals surface area (Å²) in [4.78, 5) is 0. The first-order valence-corrected chi connectivity index (χ1v) is 5.82.